The van der Waals surface area contributed by atoms with Gasteiger partial charge >= 0.3 is 0 Å². The lowest BCUT2D eigenvalue weighted by Gasteiger charge is -2.24. The van der Waals surface area contributed by atoms with Gasteiger partial charge in [0.1, 0.15) is 5.65 Å². The van der Waals surface area contributed by atoms with Crippen molar-refractivity contribution < 1.29 is 0 Å². The maximum absolute atomic E-state index is 4.82. The van der Waals surface area contributed by atoms with E-state index in [9.17, 15) is 0 Å². The zero-order valence-corrected chi connectivity index (χ0v) is 12.2. The van der Waals surface area contributed by atoms with Gasteiger partial charge in [0.15, 0.2) is 0 Å². The van der Waals surface area contributed by atoms with Crippen molar-refractivity contribution in [1.29, 1.82) is 0 Å². The Morgan fingerprint density at radius 1 is 1.14 bits per heavy atom. The van der Waals surface area contributed by atoms with Crippen LogP contribution in [0.3, 0.4) is 0 Å². The lowest BCUT2D eigenvalue weighted by atomic mass is 9.82. The molecule has 4 heterocycles. The molecule has 4 aromatic rings. The van der Waals surface area contributed by atoms with E-state index in [1.165, 1.54) is 41.5 Å². The summed E-state index contributed by atoms with van der Waals surface area (Å²) in [5, 5.41) is 5.43. The Kier molecular flexibility index (Phi) is 2.41. The molecule has 1 saturated carbocycles. The fraction of sp³-hybridized carbons (Fsp3) is 0.222. The fourth-order valence-electron chi connectivity index (χ4n) is 3.28. The number of fused-ring (bicyclic) bond motifs is 2. The number of aromatic nitrogens is 4. The summed E-state index contributed by atoms with van der Waals surface area (Å²) in [5.74, 6) is 0.666. The Balaban J connectivity index is 1.64. The normalized spacial score (nSPS) is 15.5. The highest BCUT2D eigenvalue weighted by Crippen LogP contribution is 2.37. The van der Waals surface area contributed by atoms with Crippen molar-refractivity contribution in [2.24, 2.45) is 0 Å². The Labute approximate surface area is 127 Å². The predicted molar refractivity (Wildman–Crippen MR) is 86.9 cm³/mol. The second-order valence-corrected chi connectivity index (χ2v) is 6.08. The molecule has 108 valence electrons. The minimum absolute atomic E-state index is 0.666. The minimum Gasteiger partial charge on any atom is -0.346 e. The third kappa shape index (κ3) is 1.70. The minimum atomic E-state index is 0.666. The van der Waals surface area contributed by atoms with Crippen molar-refractivity contribution in [1.82, 2.24) is 19.6 Å². The largest absolute Gasteiger partial charge is 0.346 e. The van der Waals surface area contributed by atoms with Crippen LogP contribution < -0.4 is 0 Å². The second kappa shape index (κ2) is 4.44. The van der Waals surface area contributed by atoms with Gasteiger partial charge in [-0.05, 0) is 48.7 Å². The molecule has 0 bridgehead atoms. The van der Waals surface area contributed by atoms with E-state index in [4.69, 9.17) is 4.98 Å². The molecule has 1 N–H and O–H groups in total. The first-order valence-corrected chi connectivity index (χ1v) is 7.80. The van der Waals surface area contributed by atoms with Gasteiger partial charge < -0.3 is 4.98 Å². The van der Waals surface area contributed by atoms with Crippen LogP contribution in [-0.4, -0.2) is 19.6 Å². The van der Waals surface area contributed by atoms with Crippen molar-refractivity contribution in [2.45, 2.75) is 25.2 Å². The Hall–Kier alpha value is -2.62. The molecule has 0 amide bonds. The van der Waals surface area contributed by atoms with Crippen LogP contribution >= 0.6 is 0 Å². The molecule has 0 unspecified atom stereocenters. The van der Waals surface area contributed by atoms with Gasteiger partial charge in [-0.3, -0.25) is 0 Å². The molecule has 0 aromatic carbocycles. The standard InChI is InChI=1S/C18H16N4/c1-2-12(3-1)17-5-4-15-16(11-19-18(15)21-17)13-7-9-22-14(10-13)6-8-20-22/h4-12H,1-3H2,(H,19,21). The van der Waals surface area contributed by atoms with Gasteiger partial charge in [-0.1, -0.05) is 6.42 Å². The highest BCUT2D eigenvalue weighted by Gasteiger charge is 2.21. The third-order valence-electron chi connectivity index (χ3n) is 4.79. The van der Waals surface area contributed by atoms with Crippen molar-refractivity contribution in [3.05, 3.63) is 54.6 Å². The first kappa shape index (κ1) is 12.0. The highest BCUT2D eigenvalue weighted by molar-refractivity contribution is 5.94. The first-order valence-electron chi connectivity index (χ1n) is 7.80. The highest BCUT2D eigenvalue weighted by atomic mass is 15.2. The number of hydrogen-bond donors (Lipinski definition) is 1. The van der Waals surface area contributed by atoms with Crippen molar-refractivity contribution in [3.8, 4) is 11.1 Å². The quantitative estimate of drug-likeness (QED) is 0.602. The van der Waals surface area contributed by atoms with E-state index < -0.39 is 0 Å². The topological polar surface area (TPSA) is 46.0 Å². The van der Waals surface area contributed by atoms with Crippen LogP contribution in [0, 0.1) is 0 Å². The fourth-order valence-corrected chi connectivity index (χ4v) is 3.28. The summed E-state index contributed by atoms with van der Waals surface area (Å²) in [5.41, 5.74) is 5.72. The molecule has 0 saturated heterocycles. The maximum Gasteiger partial charge on any atom is 0.138 e. The molecular formula is C18H16N4. The molecule has 4 heteroatoms. The molecule has 0 radical (unpaired) electrons. The van der Waals surface area contributed by atoms with Gasteiger partial charge in [-0.25, -0.2) is 9.50 Å². The monoisotopic (exact) mass is 288 g/mol. The number of hydrogen-bond acceptors (Lipinski definition) is 2. The molecular weight excluding hydrogens is 272 g/mol. The number of nitrogens with one attached hydrogen (secondary N) is 1. The molecule has 0 spiro atoms. The summed E-state index contributed by atoms with van der Waals surface area (Å²) in [7, 11) is 0. The van der Waals surface area contributed by atoms with Crippen LogP contribution in [0.15, 0.2) is 48.9 Å². The Bertz CT molecular complexity index is 975. The van der Waals surface area contributed by atoms with Crippen molar-refractivity contribution >= 4 is 16.6 Å². The van der Waals surface area contributed by atoms with E-state index in [0.717, 1.165) is 11.2 Å². The molecule has 4 aromatic heterocycles. The first-order chi connectivity index (χ1) is 10.9. The van der Waals surface area contributed by atoms with E-state index >= 15 is 0 Å². The summed E-state index contributed by atoms with van der Waals surface area (Å²) in [6, 6.07) is 10.7. The number of nitrogens with zero attached hydrogens (tertiary/aromatic N) is 3. The van der Waals surface area contributed by atoms with Gasteiger partial charge in [-0.15, -0.1) is 0 Å². The van der Waals surface area contributed by atoms with Crippen LogP contribution in [0.4, 0.5) is 0 Å². The summed E-state index contributed by atoms with van der Waals surface area (Å²) < 4.78 is 1.88. The molecule has 5 rings (SSSR count). The average Bonchev–Trinajstić information content (AvgIpc) is 3.10. The van der Waals surface area contributed by atoms with Gasteiger partial charge in [0, 0.05) is 41.2 Å². The van der Waals surface area contributed by atoms with Crippen LogP contribution in [0.25, 0.3) is 27.7 Å². The Morgan fingerprint density at radius 3 is 2.95 bits per heavy atom. The van der Waals surface area contributed by atoms with Gasteiger partial charge in [0.25, 0.3) is 0 Å². The Morgan fingerprint density at radius 2 is 2.09 bits per heavy atom. The summed E-state index contributed by atoms with van der Waals surface area (Å²) in [6.45, 7) is 0. The summed E-state index contributed by atoms with van der Waals surface area (Å²) >= 11 is 0. The molecule has 1 aliphatic rings. The predicted octanol–water partition coefficient (Wildman–Crippen LogP) is 4.15. The van der Waals surface area contributed by atoms with E-state index in [1.54, 1.807) is 0 Å². The van der Waals surface area contributed by atoms with Gasteiger partial charge in [0.2, 0.25) is 0 Å². The van der Waals surface area contributed by atoms with Gasteiger partial charge in [-0.2, -0.15) is 5.10 Å². The zero-order chi connectivity index (χ0) is 14.5. The van der Waals surface area contributed by atoms with E-state index in [2.05, 4.69) is 40.5 Å². The molecule has 4 nitrogen and oxygen atoms in total. The molecule has 22 heavy (non-hydrogen) atoms. The van der Waals surface area contributed by atoms with E-state index in [1.807, 2.05) is 23.0 Å². The van der Waals surface area contributed by atoms with Crippen molar-refractivity contribution in [3.63, 3.8) is 0 Å². The van der Waals surface area contributed by atoms with Crippen LogP contribution in [-0.2, 0) is 0 Å². The van der Waals surface area contributed by atoms with Crippen molar-refractivity contribution in [2.75, 3.05) is 0 Å². The maximum atomic E-state index is 4.82. The second-order valence-electron chi connectivity index (χ2n) is 6.08. The summed E-state index contributed by atoms with van der Waals surface area (Å²) in [4.78, 5) is 8.16. The SMILES string of the molecule is c1cc2cc(-c3c[nH]c4nc(C5CCC5)ccc34)ccn2n1. The van der Waals surface area contributed by atoms with E-state index in [0.29, 0.717) is 5.92 Å². The molecule has 1 aliphatic carbocycles. The van der Waals surface area contributed by atoms with Crippen LogP contribution in [0.5, 0.6) is 0 Å². The lowest BCUT2D eigenvalue weighted by molar-refractivity contribution is 0.412. The third-order valence-corrected chi connectivity index (χ3v) is 4.79. The molecule has 0 aliphatic heterocycles. The number of pyridine rings is 2. The van der Waals surface area contributed by atoms with Crippen LogP contribution in [0.2, 0.25) is 0 Å². The van der Waals surface area contributed by atoms with Crippen LogP contribution in [0.1, 0.15) is 30.9 Å². The number of H-pyrrole nitrogens is 1. The average molecular weight is 288 g/mol. The molecule has 1 fully saturated rings. The molecule has 0 atom stereocenters. The van der Waals surface area contributed by atoms with E-state index in [-0.39, 0.29) is 0 Å². The summed E-state index contributed by atoms with van der Waals surface area (Å²) in [6.07, 6.45) is 9.78. The lowest BCUT2D eigenvalue weighted by Crippen LogP contribution is -2.10. The zero-order valence-electron chi connectivity index (χ0n) is 12.2. The number of rotatable bonds is 2. The smallest absolute Gasteiger partial charge is 0.138 e. The number of aromatic amines is 1. The van der Waals surface area contributed by atoms with Gasteiger partial charge in [0.05, 0.1) is 5.52 Å².